The molecule has 1 atom stereocenters. The molecule has 9 heteroatoms. The number of hydrogen-bond acceptors (Lipinski definition) is 4. The summed E-state index contributed by atoms with van der Waals surface area (Å²) in [4.78, 5) is 28.5. The molecule has 1 aromatic carbocycles. The number of amides is 2. The van der Waals surface area contributed by atoms with Gasteiger partial charge >= 0.3 is 0 Å². The molecular weight excluding hydrogens is 450 g/mol. The Balaban J connectivity index is 1.99. The molecule has 1 saturated carbocycles. The molecule has 178 valence electrons. The molecule has 7 nitrogen and oxygen atoms in total. The van der Waals surface area contributed by atoms with E-state index >= 15 is 0 Å². The van der Waals surface area contributed by atoms with E-state index in [1.165, 1.54) is 11.3 Å². The van der Waals surface area contributed by atoms with E-state index < -0.39 is 21.5 Å². The number of carbonyl (C=O) groups excluding carboxylic acids is 2. The van der Waals surface area contributed by atoms with Crippen molar-refractivity contribution in [1.82, 2.24) is 9.62 Å². The zero-order valence-electron chi connectivity index (χ0n) is 19.2. The van der Waals surface area contributed by atoms with Crippen LogP contribution in [-0.4, -0.2) is 55.0 Å². The number of aryl methyl sites for hydroxylation is 1. The summed E-state index contributed by atoms with van der Waals surface area (Å²) in [6, 6.07) is 5.22. The highest BCUT2D eigenvalue weighted by Gasteiger charge is 2.51. The zero-order valence-corrected chi connectivity index (χ0v) is 20.8. The topological polar surface area (TPSA) is 86.8 Å². The first-order chi connectivity index (χ1) is 15.1. The van der Waals surface area contributed by atoms with E-state index in [4.69, 9.17) is 11.6 Å². The molecule has 2 aliphatic rings. The van der Waals surface area contributed by atoms with Crippen molar-refractivity contribution in [2.75, 3.05) is 23.7 Å². The maximum Gasteiger partial charge on any atom is 0.247 e. The Morgan fingerprint density at radius 3 is 2.44 bits per heavy atom. The van der Waals surface area contributed by atoms with Gasteiger partial charge in [-0.05, 0) is 51.3 Å². The molecule has 1 saturated heterocycles. The summed E-state index contributed by atoms with van der Waals surface area (Å²) in [6.45, 7) is 4.65. The van der Waals surface area contributed by atoms with Crippen LogP contribution < -0.4 is 10.2 Å². The number of piperazine rings is 1. The quantitative estimate of drug-likeness (QED) is 0.692. The summed E-state index contributed by atoms with van der Waals surface area (Å²) in [6.07, 6.45) is 7.41. The highest BCUT2D eigenvalue weighted by Crippen LogP contribution is 2.35. The van der Waals surface area contributed by atoms with Gasteiger partial charge in [0.2, 0.25) is 21.8 Å². The van der Waals surface area contributed by atoms with E-state index in [0.29, 0.717) is 10.7 Å². The molecule has 0 spiro atoms. The van der Waals surface area contributed by atoms with Gasteiger partial charge in [0.15, 0.2) is 0 Å². The van der Waals surface area contributed by atoms with E-state index in [9.17, 15) is 18.0 Å². The molecule has 0 radical (unpaired) electrons. The number of nitrogens with zero attached hydrogens (tertiary/aromatic N) is 2. The zero-order chi connectivity index (χ0) is 23.5. The van der Waals surface area contributed by atoms with Crippen LogP contribution in [0.1, 0.15) is 64.4 Å². The van der Waals surface area contributed by atoms with E-state index in [1.807, 2.05) is 6.92 Å². The van der Waals surface area contributed by atoms with Crippen LogP contribution in [-0.2, 0) is 19.6 Å². The molecule has 1 aliphatic heterocycles. The number of sulfonamides is 1. The van der Waals surface area contributed by atoms with Crippen molar-refractivity contribution in [3.63, 3.8) is 0 Å². The summed E-state index contributed by atoms with van der Waals surface area (Å²) in [5.41, 5.74) is -0.0686. The van der Waals surface area contributed by atoms with Crippen LogP contribution in [0.15, 0.2) is 18.2 Å². The molecule has 0 unspecified atom stereocenters. The minimum absolute atomic E-state index is 0.0233. The Kier molecular flexibility index (Phi) is 7.89. The standard InChI is InChI=1S/C23H34ClN3O4S/c1-4-32(30,31)26-15-21(28)27(20-14-18(24)13-12-17(20)2)23(3,16-26)22(29)25-19-10-8-6-5-7-9-11-19/h12-14,19H,4-11,15-16H2,1-3H3,(H,25,29)/t23-/m0/s1. The Morgan fingerprint density at radius 2 is 1.81 bits per heavy atom. The average molecular weight is 484 g/mol. The predicted molar refractivity (Wildman–Crippen MR) is 127 cm³/mol. The van der Waals surface area contributed by atoms with Gasteiger partial charge in [-0.3, -0.25) is 14.5 Å². The van der Waals surface area contributed by atoms with Crippen LogP contribution in [0.2, 0.25) is 5.02 Å². The van der Waals surface area contributed by atoms with Crippen molar-refractivity contribution >= 4 is 39.1 Å². The molecule has 2 amide bonds. The maximum absolute atomic E-state index is 13.7. The number of halogens is 1. The van der Waals surface area contributed by atoms with Crippen molar-refractivity contribution in [2.45, 2.75) is 77.3 Å². The summed E-state index contributed by atoms with van der Waals surface area (Å²) in [7, 11) is -3.65. The average Bonchev–Trinajstić information content (AvgIpc) is 2.71. The second kappa shape index (κ2) is 10.1. The van der Waals surface area contributed by atoms with Crippen molar-refractivity contribution in [2.24, 2.45) is 0 Å². The van der Waals surface area contributed by atoms with Gasteiger partial charge in [-0.25, -0.2) is 8.42 Å². The lowest BCUT2D eigenvalue weighted by atomic mass is 9.91. The summed E-state index contributed by atoms with van der Waals surface area (Å²) in [5, 5.41) is 3.60. The van der Waals surface area contributed by atoms with Crippen LogP contribution >= 0.6 is 11.6 Å². The van der Waals surface area contributed by atoms with Crippen LogP contribution in [0.25, 0.3) is 0 Å². The van der Waals surface area contributed by atoms with Gasteiger partial charge in [-0.1, -0.05) is 49.8 Å². The fraction of sp³-hybridized carbons (Fsp3) is 0.652. The van der Waals surface area contributed by atoms with Crippen molar-refractivity contribution in [3.8, 4) is 0 Å². The van der Waals surface area contributed by atoms with Gasteiger partial charge in [0, 0.05) is 23.3 Å². The molecule has 0 aromatic heterocycles. The predicted octanol–water partition coefficient (Wildman–Crippen LogP) is 3.63. The Hall–Kier alpha value is -1.64. The van der Waals surface area contributed by atoms with E-state index in [2.05, 4.69) is 5.32 Å². The van der Waals surface area contributed by atoms with E-state index in [1.54, 1.807) is 32.0 Å². The lowest BCUT2D eigenvalue weighted by Gasteiger charge is -2.47. The Bertz CT molecular complexity index is 960. The highest BCUT2D eigenvalue weighted by molar-refractivity contribution is 7.89. The molecule has 1 aromatic rings. The molecule has 2 fully saturated rings. The summed E-state index contributed by atoms with van der Waals surface area (Å²) in [5.74, 6) is -0.891. The monoisotopic (exact) mass is 483 g/mol. The van der Waals surface area contributed by atoms with Gasteiger partial charge < -0.3 is 5.32 Å². The van der Waals surface area contributed by atoms with Gasteiger partial charge in [0.05, 0.1) is 12.3 Å². The second-order valence-corrected chi connectivity index (χ2v) is 11.8. The van der Waals surface area contributed by atoms with Gasteiger partial charge in [0.1, 0.15) is 5.54 Å². The minimum atomic E-state index is -3.65. The number of nitrogens with one attached hydrogen (secondary N) is 1. The molecule has 32 heavy (non-hydrogen) atoms. The Labute approximate surface area is 196 Å². The lowest BCUT2D eigenvalue weighted by Crippen LogP contribution is -2.71. The molecule has 1 heterocycles. The van der Waals surface area contributed by atoms with Gasteiger partial charge in [-0.15, -0.1) is 0 Å². The van der Waals surface area contributed by atoms with Crippen LogP contribution in [0.3, 0.4) is 0 Å². The molecule has 1 N–H and O–H groups in total. The SMILES string of the molecule is CCS(=O)(=O)N1CC(=O)N(c2cc(Cl)ccc2C)[C@](C)(C(=O)NC2CCCCCCC2)C1. The minimum Gasteiger partial charge on any atom is -0.351 e. The maximum atomic E-state index is 13.7. The van der Waals surface area contributed by atoms with Crippen LogP contribution in [0.4, 0.5) is 5.69 Å². The number of carbonyl (C=O) groups is 2. The smallest absolute Gasteiger partial charge is 0.247 e. The fourth-order valence-electron chi connectivity index (χ4n) is 4.68. The fourth-order valence-corrected chi connectivity index (χ4v) is 5.97. The number of anilines is 1. The summed E-state index contributed by atoms with van der Waals surface area (Å²) >= 11 is 6.22. The van der Waals surface area contributed by atoms with Crippen molar-refractivity contribution < 1.29 is 18.0 Å². The number of rotatable bonds is 5. The lowest BCUT2D eigenvalue weighted by molar-refractivity contribution is -0.133. The number of hydrogen-bond donors (Lipinski definition) is 1. The second-order valence-electron chi connectivity index (χ2n) is 9.12. The molecule has 1 aliphatic carbocycles. The highest BCUT2D eigenvalue weighted by atomic mass is 35.5. The normalized spacial score (nSPS) is 24.1. The largest absolute Gasteiger partial charge is 0.351 e. The first-order valence-corrected chi connectivity index (χ1v) is 13.4. The van der Waals surface area contributed by atoms with Gasteiger partial charge in [0.25, 0.3) is 0 Å². The first kappa shape index (κ1) is 25.0. The number of benzene rings is 1. The van der Waals surface area contributed by atoms with Crippen molar-refractivity contribution in [3.05, 3.63) is 28.8 Å². The third-order valence-corrected chi connectivity index (χ3v) is 8.65. The van der Waals surface area contributed by atoms with E-state index in [0.717, 1.165) is 48.4 Å². The Morgan fingerprint density at radius 1 is 1.19 bits per heavy atom. The molecule has 3 rings (SSSR count). The van der Waals surface area contributed by atoms with E-state index in [-0.39, 0.29) is 30.8 Å². The van der Waals surface area contributed by atoms with Crippen LogP contribution in [0, 0.1) is 6.92 Å². The van der Waals surface area contributed by atoms with Gasteiger partial charge in [-0.2, -0.15) is 4.31 Å². The summed E-state index contributed by atoms with van der Waals surface area (Å²) < 4.78 is 26.4. The van der Waals surface area contributed by atoms with Crippen LogP contribution in [0.5, 0.6) is 0 Å². The third kappa shape index (κ3) is 5.29. The molecular formula is C23H34ClN3O4S. The first-order valence-electron chi connectivity index (χ1n) is 11.5. The van der Waals surface area contributed by atoms with Crippen molar-refractivity contribution in [1.29, 1.82) is 0 Å². The molecule has 0 bridgehead atoms. The third-order valence-electron chi connectivity index (χ3n) is 6.64.